The van der Waals surface area contributed by atoms with Gasteiger partial charge >= 0.3 is 0 Å². The number of carbonyl (C=O) groups excluding carboxylic acids is 1. The van der Waals surface area contributed by atoms with Gasteiger partial charge in [-0.1, -0.05) is 62.4 Å². The van der Waals surface area contributed by atoms with Crippen molar-refractivity contribution >= 4 is 18.2 Å². The van der Waals surface area contributed by atoms with Crippen molar-refractivity contribution in [2.75, 3.05) is 13.2 Å². The first-order valence-corrected chi connectivity index (χ1v) is 16.8. The molecule has 0 radical (unpaired) electrons. The molecule has 3 N–H and O–H groups in total. The van der Waals surface area contributed by atoms with Crippen LogP contribution in [-0.2, 0) is 25.7 Å². The number of carbonyl (C=O) groups is 1. The molecule has 0 spiro atoms. The summed E-state index contributed by atoms with van der Waals surface area (Å²) in [5.74, 6) is 1.81. The van der Waals surface area contributed by atoms with Crippen molar-refractivity contribution in [2.24, 2.45) is 4.99 Å². The van der Waals surface area contributed by atoms with Crippen LogP contribution in [0, 0.1) is 0 Å². The van der Waals surface area contributed by atoms with Gasteiger partial charge in [-0.25, -0.2) is 0 Å². The molecule has 7 heteroatoms. The summed E-state index contributed by atoms with van der Waals surface area (Å²) in [4.78, 5) is 16.7. The number of hydrogen-bond donors (Lipinski definition) is 3. The molecule has 0 aromatic heterocycles. The van der Waals surface area contributed by atoms with Crippen LogP contribution in [0.1, 0.15) is 87.1 Å². The van der Waals surface area contributed by atoms with Crippen LogP contribution in [0.3, 0.4) is 0 Å². The predicted molar refractivity (Wildman–Crippen MR) is 193 cm³/mol. The largest absolute Gasteiger partial charge is 0.507 e. The second-order valence-electron chi connectivity index (χ2n) is 12.5. The van der Waals surface area contributed by atoms with Gasteiger partial charge in [-0.3, -0.25) is 9.79 Å². The average Bonchev–Trinajstić information content (AvgIpc) is 3.10. The molecule has 0 fully saturated rings. The number of nitrogens with zero attached hydrogens (tertiary/aromatic N) is 1. The lowest BCUT2D eigenvalue weighted by Crippen LogP contribution is -2.07. The van der Waals surface area contributed by atoms with Crippen LogP contribution in [0.4, 0.5) is 5.69 Å². The quantitative estimate of drug-likeness (QED) is 0.106. The molecule has 1 aliphatic rings. The molecule has 8 bridgehead atoms. The standard InChI is InChI=1S/C42H41NO6/c1-3-15-48-41-29-9-7-11-31(41)23-35-19-28(26-44)20-36(40(35)47)24-32-12-8-10-30(42(32)49-16-4-2)22-34-18-27(17-33(21-29)39(34)46)25-43-37-13-5-6-14-38(37)45/h5-14,17-20,25-26,45-47H,3-4,15-16,21-24H2,1-2H3. The Morgan fingerprint density at radius 1 is 0.592 bits per heavy atom. The van der Waals surface area contributed by atoms with Gasteiger partial charge in [0.15, 0.2) is 0 Å². The maximum Gasteiger partial charge on any atom is 0.150 e. The predicted octanol–water partition coefficient (Wildman–Crippen LogP) is 8.62. The Kier molecular flexibility index (Phi) is 10.3. The summed E-state index contributed by atoms with van der Waals surface area (Å²) in [5.41, 5.74) is 7.86. The summed E-state index contributed by atoms with van der Waals surface area (Å²) in [6.07, 6.45) is 5.55. The van der Waals surface area contributed by atoms with Crippen molar-refractivity contribution in [1.29, 1.82) is 0 Å². The molecule has 7 nitrogen and oxygen atoms in total. The molecule has 5 aromatic carbocycles. The molecule has 250 valence electrons. The molecule has 0 heterocycles. The first kappa shape index (κ1) is 33.3. The zero-order chi connectivity index (χ0) is 34.3. The van der Waals surface area contributed by atoms with Gasteiger partial charge < -0.3 is 24.8 Å². The minimum atomic E-state index is 0.0830. The summed E-state index contributed by atoms with van der Waals surface area (Å²) in [5, 5.41) is 33.9. The van der Waals surface area contributed by atoms with E-state index in [1.165, 1.54) is 0 Å². The minimum absolute atomic E-state index is 0.0830. The molecular weight excluding hydrogens is 614 g/mol. The first-order chi connectivity index (χ1) is 23.9. The van der Waals surface area contributed by atoms with Crippen LogP contribution < -0.4 is 9.47 Å². The zero-order valence-electron chi connectivity index (χ0n) is 27.9. The fraction of sp³-hybridized carbons (Fsp3) is 0.238. The Labute approximate surface area is 287 Å². The van der Waals surface area contributed by atoms with Crippen LogP contribution in [0.2, 0.25) is 0 Å². The van der Waals surface area contributed by atoms with Gasteiger partial charge in [0.25, 0.3) is 0 Å². The molecule has 6 rings (SSSR count). The topological polar surface area (TPSA) is 109 Å². The van der Waals surface area contributed by atoms with E-state index >= 15 is 0 Å². The zero-order valence-corrected chi connectivity index (χ0v) is 27.9. The molecule has 49 heavy (non-hydrogen) atoms. The Hall–Kier alpha value is -5.56. The number of hydrogen-bond acceptors (Lipinski definition) is 7. The van der Waals surface area contributed by atoms with E-state index in [9.17, 15) is 20.1 Å². The number of rotatable bonds is 9. The summed E-state index contributed by atoms with van der Waals surface area (Å²) < 4.78 is 12.8. The molecule has 5 aromatic rings. The highest BCUT2D eigenvalue weighted by Gasteiger charge is 2.21. The number of aliphatic imine (C=N–C) groups is 1. The van der Waals surface area contributed by atoms with Crippen LogP contribution in [0.5, 0.6) is 28.7 Å². The van der Waals surface area contributed by atoms with E-state index in [1.807, 2.05) is 68.4 Å². The van der Waals surface area contributed by atoms with Crippen molar-refractivity contribution < 1.29 is 29.6 Å². The maximum absolute atomic E-state index is 12.1. The van der Waals surface area contributed by atoms with Crippen molar-refractivity contribution in [3.63, 3.8) is 0 Å². The SMILES string of the molecule is CCCOc1c2cccc1Cc1cc(C=Nc3ccccc3O)cc(c1O)Cc1cccc(c1OCCC)Cc1cc(C=O)cc(c1O)C2. The lowest BCUT2D eigenvalue weighted by Gasteiger charge is -2.21. The number of aldehydes is 1. The molecule has 0 saturated carbocycles. The van der Waals surface area contributed by atoms with Gasteiger partial charge in [0.1, 0.15) is 40.7 Å². The summed E-state index contributed by atoms with van der Waals surface area (Å²) in [6, 6.07) is 26.1. The smallest absolute Gasteiger partial charge is 0.150 e. The van der Waals surface area contributed by atoms with Crippen LogP contribution in [0.15, 0.2) is 89.9 Å². The van der Waals surface area contributed by atoms with E-state index < -0.39 is 0 Å². The van der Waals surface area contributed by atoms with Gasteiger partial charge in [0.05, 0.1) is 13.2 Å². The lowest BCUT2D eigenvalue weighted by molar-refractivity contribution is 0.112. The third-order valence-electron chi connectivity index (χ3n) is 8.73. The molecular formula is C42H41NO6. The number of fused-ring (bicyclic) bond motifs is 8. The molecule has 0 saturated heterocycles. The molecule has 0 aliphatic heterocycles. The fourth-order valence-electron chi connectivity index (χ4n) is 6.41. The van der Waals surface area contributed by atoms with Crippen molar-refractivity contribution in [3.05, 3.63) is 141 Å². The summed E-state index contributed by atoms with van der Waals surface area (Å²) >= 11 is 0. The van der Waals surface area contributed by atoms with E-state index in [2.05, 4.69) is 4.99 Å². The first-order valence-electron chi connectivity index (χ1n) is 16.8. The number of aromatic hydroxyl groups is 3. The minimum Gasteiger partial charge on any atom is -0.507 e. The van der Waals surface area contributed by atoms with Crippen LogP contribution in [0.25, 0.3) is 0 Å². The van der Waals surface area contributed by atoms with Gasteiger partial charge in [-0.15, -0.1) is 0 Å². The highest BCUT2D eigenvalue weighted by molar-refractivity contribution is 5.84. The average molecular weight is 656 g/mol. The third kappa shape index (κ3) is 7.46. The number of benzene rings is 5. The second kappa shape index (κ2) is 15.1. The molecule has 0 atom stereocenters. The van der Waals surface area contributed by atoms with Crippen molar-refractivity contribution in [3.8, 4) is 28.7 Å². The molecule has 0 amide bonds. The number of para-hydroxylation sites is 4. The Bertz CT molecular complexity index is 1910. The lowest BCUT2D eigenvalue weighted by atomic mass is 9.90. The monoisotopic (exact) mass is 655 g/mol. The summed E-state index contributed by atoms with van der Waals surface area (Å²) in [6.45, 7) is 5.08. The fourth-order valence-corrected chi connectivity index (χ4v) is 6.41. The van der Waals surface area contributed by atoms with E-state index in [0.29, 0.717) is 83.9 Å². The van der Waals surface area contributed by atoms with E-state index in [0.717, 1.165) is 46.9 Å². The number of ether oxygens (including phenoxy) is 2. The molecule has 0 unspecified atom stereocenters. The van der Waals surface area contributed by atoms with Gasteiger partial charge in [-0.2, -0.15) is 0 Å². The molecule has 1 aliphatic carbocycles. The highest BCUT2D eigenvalue weighted by atomic mass is 16.5. The van der Waals surface area contributed by atoms with Crippen LogP contribution >= 0.6 is 0 Å². The van der Waals surface area contributed by atoms with Gasteiger partial charge in [0, 0.05) is 37.5 Å². The second-order valence-corrected chi connectivity index (χ2v) is 12.5. The Balaban J connectivity index is 1.58. The third-order valence-corrected chi connectivity index (χ3v) is 8.73. The highest BCUT2D eigenvalue weighted by Crippen LogP contribution is 2.39. The van der Waals surface area contributed by atoms with E-state index in [4.69, 9.17) is 9.47 Å². The van der Waals surface area contributed by atoms with Gasteiger partial charge in [-0.05, 0) is 99.3 Å². The van der Waals surface area contributed by atoms with Crippen LogP contribution in [-0.4, -0.2) is 41.0 Å². The Morgan fingerprint density at radius 3 is 1.43 bits per heavy atom. The van der Waals surface area contributed by atoms with Gasteiger partial charge in [0.2, 0.25) is 0 Å². The van der Waals surface area contributed by atoms with Crippen molar-refractivity contribution in [1.82, 2.24) is 0 Å². The van der Waals surface area contributed by atoms with E-state index in [-0.39, 0.29) is 17.2 Å². The summed E-state index contributed by atoms with van der Waals surface area (Å²) in [7, 11) is 0. The van der Waals surface area contributed by atoms with Crippen molar-refractivity contribution in [2.45, 2.75) is 52.4 Å². The normalized spacial score (nSPS) is 12.5. The Morgan fingerprint density at radius 2 is 1.02 bits per heavy atom. The number of phenolic OH excluding ortho intramolecular Hbond substituents is 3. The maximum atomic E-state index is 12.1. The van der Waals surface area contributed by atoms with E-state index in [1.54, 1.807) is 36.5 Å². The number of phenols is 3.